The minimum absolute atomic E-state index is 0.0210. The molecule has 0 aliphatic carbocycles. The number of sulfone groups is 1. The first-order chi connectivity index (χ1) is 14.8. The molecule has 3 rings (SSSR count). The lowest BCUT2D eigenvalue weighted by atomic mass is 9.98. The highest BCUT2D eigenvalue weighted by Gasteiger charge is 2.52. The highest BCUT2D eigenvalue weighted by atomic mass is 35.5. The number of hydrogen-bond donors (Lipinski definition) is 2. The Balaban J connectivity index is 1.87. The molecule has 1 aliphatic rings. The summed E-state index contributed by atoms with van der Waals surface area (Å²) in [6.45, 7) is 0.584. The van der Waals surface area contributed by atoms with E-state index in [1.165, 1.54) is 17.6 Å². The second kappa shape index (κ2) is 9.93. The van der Waals surface area contributed by atoms with E-state index in [1.807, 2.05) is 30.3 Å². The van der Waals surface area contributed by atoms with Crippen LogP contribution in [0.15, 0.2) is 58.5 Å². The van der Waals surface area contributed by atoms with Crippen molar-refractivity contribution in [3.8, 4) is 11.1 Å². The largest absolute Gasteiger partial charge is 0.381 e. The molecule has 0 aromatic heterocycles. The van der Waals surface area contributed by atoms with E-state index in [9.17, 15) is 13.2 Å². The summed E-state index contributed by atoms with van der Waals surface area (Å²) in [6, 6.07) is 14.0. The van der Waals surface area contributed by atoms with Gasteiger partial charge in [0.25, 0.3) is 5.91 Å². The van der Waals surface area contributed by atoms with Crippen molar-refractivity contribution in [2.75, 3.05) is 26.9 Å². The molecule has 31 heavy (non-hydrogen) atoms. The molecule has 7 nitrogen and oxygen atoms in total. The van der Waals surface area contributed by atoms with Gasteiger partial charge in [-0.1, -0.05) is 48.0 Å². The van der Waals surface area contributed by atoms with Crippen molar-refractivity contribution in [1.82, 2.24) is 5.48 Å². The van der Waals surface area contributed by atoms with E-state index in [2.05, 4.69) is 0 Å². The van der Waals surface area contributed by atoms with Crippen molar-refractivity contribution in [2.45, 2.75) is 22.5 Å². The molecule has 0 unspecified atom stereocenters. The molecule has 2 N–H and O–H groups in total. The molecule has 1 fully saturated rings. The maximum atomic E-state index is 13.3. The van der Waals surface area contributed by atoms with Crippen LogP contribution in [0.1, 0.15) is 18.4 Å². The summed E-state index contributed by atoms with van der Waals surface area (Å²) in [4.78, 5) is 12.3. The molecular weight excluding hydrogens is 442 g/mol. The summed E-state index contributed by atoms with van der Waals surface area (Å²) in [6.07, 6.45) is 1.76. The molecule has 0 spiro atoms. The molecule has 2 aromatic rings. The summed E-state index contributed by atoms with van der Waals surface area (Å²) in [5.74, 6) is -0.935. The van der Waals surface area contributed by atoms with E-state index in [0.717, 1.165) is 16.7 Å². The SMILES string of the molecule is COC/C(Cl)=C/c1ccc(-c2ccc(S(=O)(=O)C3(C(=O)NO)CCOCC3)cc2)cc1. The van der Waals surface area contributed by atoms with Crippen LogP contribution in [-0.4, -0.2) is 51.2 Å². The normalized spacial score (nSPS) is 16.7. The topological polar surface area (TPSA) is 102 Å². The maximum Gasteiger partial charge on any atom is 0.265 e. The predicted molar refractivity (Wildman–Crippen MR) is 117 cm³/mol. The summed E-state index contributed by atoms with van der Waals surface area (Å²) < 4.78 is 35.1. The lowest BCUT2D eigenvalue weighted by Crippen LogP contribution is -2.54. The molecule has 0 saturated carbocycles. The van der Waals surface area contributed by atoms with Crippen LogP contribution < -0.4 is 5.48 Å². The van der Waals surface area contributed by atoms with Gasteiger partial charge in [-0.15, -0.1) is 0 Å². The standard InChI is InChI=1S/C22H24ClNO6S/c1-29-15-19(23)14-16-2-4-17(5-3-16)18-6-8-20(9-7-18)31(27,28)22(21(25)24-26)10-12-30-13-11-22/h2-9,14,26H,10-13,15H2,1H3,(H,24,25)/b19-14-. The van der Waals surface area contributed by atoms with Crippen molar-refractivity contribution in [1.29, 1.82) is 0 Å². The number of ether oxygens (including phenoxy) is 2. The molecule has 0 radical (unpaired) electrons. The average molecular weight is 466 g/mol. The first-order valence-electron chi connectivity index (χ1n) is 9.66. The summed E-state index contributed by atoms with van der Waals surface area (Å²) in [5, 5.41) is 9.72. The molecule has 1 heterocycles. The highest BCUT2D eigenvalue weighted by Crippen LogP contribution is 2.36. The molecular formula is C22H24ClNO6S. The van der Waals surface area contributed by atoms with Crippen molar-refractivity contribution >= 4 is 33.4 Å². The van der Waals surface area contributed by atoms with Gasteiger partial charge in [-0.2, -0.15) is 0 Å². The van der Waals surface area contributed by atoms with Gasteiger partial charge in [-0.25, -0.2) is 13.9 Å². The number of hydrogen-bond acceptors (Lipinski definition) is 6. The van der Waals surface area contributed by atoms with Gasteiger partial charge >= 0.3 is 0 Å². The monoisotopic (exact) mass is 465 g/mol. The average Bonchev–Trinajstić information content (AvgIpc) is 2.79. The highest BCUT2D eigenvalue weighted by molar-refractivity contribution is 7.93. The fourth-order valence-corrected chi connectivity index (χ4v) is 5.78. The Morgan fingerprint density at radius 1 is 1.13 bits per heavy atom. The van der Waals surface area contributed by atoms with Crippen molar-refractivity contribution in [2.24, 2.45) is 0 Å². The second-order valence-corrected chi connectivity index (χ2v) is 9.97. The number of nitrogens with one attached hydrogen (secondary N) is 1. The van der Waals surface area contributed by atoms with Crippen LogP contribution >= 0.6 is 11.6 Å². The second-order valence-electron chi connectivity index (χ2n) is 7.22. The van der Waals surface area contributed by atoms with Gasteiger partial charge in [0.05, 0.1) is 11.5 Å². The van der Waals surface area contributed by atoms with E-state index in [0.29, 0.717) is 11.6 Å². The predicted octanol–water partition coefficient (Wildman–Crippen LogP) is 3.41. The molecule has 2 aromatic carbocycles. The van der Waals surface area contributed by atoms with Crippen molar-refractivity contribution < 1.29 is 27.9 Å². The van der Waals surface area contributed by atoms with Gasteiger partial charge in [0.15, 0.2) is 14.6 Å². The fourth-order valence-electron chi connectivity index (χ4n) is 3.61. The van der Waals surface area contributed by atoms with Gasteiger partial charge in [-0.3, -0.25) is 10.0 Å². The maximum absolute atomic E-state index is 13.3. The van der Waals surface area contributed by atoms with Crippen LogP contribution in [0.4, 0.5) is 0 Å². The van der Waals surface area contributed by atoms with Crippen LogP contribution in [0, 0.1) is 0 Å². The molecule has 0 bridgehead atoms. The van der Waals surface area contributed by atoms with Gasteiger partial charge in [0.1, 0.15) is 0 Å². The number of amides is 1. The van der Waals surface area contributed by atoms with Crippen LogP contribution in [0.3, 0.4) is 0 Å². The van der Waals surface area contributed by atoms with Crippen molar-refractivity contribution in [3.05, 3.63) is 59.1 Å². The van der Waals surface area contributed by atoms with Crippen LogP contribution in [0.5, 0.6) is 0 Å². The van der Waals surface area contributed by atoms with Crippen LogP contribution in [-0.2, 0) is 24.1 Å². The third kappa shape index (κ3) is 4.83. The number of hydroxylamine groups is 1. The van der Waals surface area contributed by atoms with Gasteiger partial charge in [0.2, 0.25) is 0 Å². The third-order valence-electron chi connectivity index (χ3n) is 5.34. The zero-order valence-corrected chi connectivity index (χ0v) is 18.6. The fraction of sp³-hybridized carbons (Fsp3) is 0.318. The Kier molecular flexibility index (Phi) is 7.51. The van der Waals surface area contributed by atoms with E-state index in [1.54, 1.807) is 19.2 Å². The first-order valence-corrected chi connectivity index (χ1v) is 11.5. The Labute approximate surface area is 186 Å². The number of rotatable bonds is 7. The zero-order valence-electron chi connectivity index (χ0n) is 17.0. The van der Waals surface area contributed by atoms with Gasteiger partial charge in [0, 0.05) is 25.4 Å². The van der Waals surface area contributed by atoms with Gasteiger partial charge < -0.3 is 9.47 Å². The minimum Gasteiger partial charge on any atom is -0.381 e. The first kappa shape index (κ1) is 23.4. The smallest absolute Gasteiger partial charge is 0.265 e. The number of carbonyl (C=O) groups excluding carboxylic acids is 1. The van der Waals surface area contributed by atoms with Gasteiger partial charge in [-0.05, 0) is 47.7 Å². The number of benzene rings is 2. The lowest BCUT2D eigenvalue weighted by molar-refractivity contribution is -0.134. The number of methoxy groups -OCH3 is 1. The molecule has 0 atom stereocenters. The van der Waals surface area contributed by atoms with E-state index < -0.39 is 20.5 Å². The quantitative estimate of drug-likeness (QED) is 0.480. The third-order valence-corrected chi connectivity index (χ3v) is 8.08. The Bertz CT molecular complexity index is 1040. The van der Waals surface area contributed by atoms with E-state index >= 15 is 0 Å². The Hall–Kier alpha value is -2.23. The molecule has 1 amide bonds. The summed E-state index contributed by atoms with van der Waals surface area (Å²) >= 11 is 6.07. The minimum atomic E-state index is -4.05. The van der Waals surface area contributed by atoms with E-state index in [-0.39, 0.29) is 31.0 Å². The molecule has 1 aliphatic heterocycles. The Morgan fingerprint density at radius 2 is 1.68 bits per heavy atom. The summed E-state index contributed by atoms with van der Waals surface area (Å²) in [7, 11) is -2.47. The lowest BCUT2D eigenvalue weighted by Gasteiger charge is -2.34. The number of halogens is 1. The molecule has 9 heteroatoms. The van der Waals surface area contributed by atoms with Crippen LogP contribution in [0.25, 0.3) is 17.2 Å². The molecule has 1 saturated heterocycles. The Morgan fingerprint density at radius 3 is 2.19 bits per heavy atom. The number of carbonyl (C=O) groups is 1. The molecule has 166 valence electrons. The zero-order chi connectivity index (χ0) is 22.5. The van der Waals surface area contributed by atoms with E-state index in [4.69, 9.17) is 26.3 Å². The van der Waals surface area contributed by atoms with Crippen LogP contribution in [0.2, 0.25) is 0 Å². The van der Waals surface area contributed by atoms with Crippen molar-refractivity contribution in [3.63, 3.8) is 0 Å². The summed E-state index contributed by atoms with van der Waals surface area (Å²) in [5.41, 5.74) is 4.16.